The first kappa shape index (κ1) is 14.1. The molecule has 1 heterocycles. The number of fused-ring (bicyclic) bond motifs is 1. The van der Waals surface area contributed by atoms with Gasteiger partial charge in [0.05, 0.1) is 24.0 Å². The van der Waals surface area contributed by atoms with Crippen molar-refractivity contribution in [2.45, 2.75) is 32.5 Å². The molecule has 0 saturated carbocycles. The number of nitrogens with zero attached hydrogens (tertiary/aromatic N) is 1. The van der Waals surface area contributed by atoms with Crippen molar-refractivity contribution in [3.05, 3.63) is 28.3 Å². The number of rotatable bonds is 5. The summed E-state index contributed by atoms with van der Waals surface area (Å²) in [5.41, 5.74) is -0.0676. The lowest BCUT2D eigenvalue weighted by Crippen LogP contribution is -2.35. The van der Waals surface area contributed by atoms with E-state index in [1.165, 1.54) is 18.2 Å². The van der Waals surface area contributed by atoms with Crippen LogP contribution in [0.4, 0.5) is 5.69 Å². The highest BCUT2D eigenvalue weighted by molar-refractivity contribution is 5.69. The fourth-order valence-electron chi connectivity index (χ4n) is 1.92. The van der Waals surface area contributed by atoms with Crippen LogP contribution in [0.3, 0.4) is 0 Å². The van der Waals surface area contributed by atoms with E-state index in [9.17, 15) is 14.9 Å². The van der Waals surface area contributed by atoms with Gasteiger partial charge in [0.2, 0.25) is 5.79 Å². The van der Waals surface area contributed by atoms with Crippen molar-refractivity contribution < 1.29 is 23.9 Å². The third-order valence-electron chi connectivity index (χ3n) is 2.88. The number of non-ortho nitro benzene ring substituents is 1. The smallest absolute Gasteiger partial charge is 0.306 e. The second kappa shape index (κ2) is 5.36. The Morgan fingerprint density at radius 1 is 1.40 bits per heavy atom. The maximum atomic E-state index is 11.3. The van der Waals surface area contributed by atoms with E-state index in [0.717, 1.165) is 0 Å². The average molecular weight is 281 g/mol. The number of carbonyl (C=O) groups excluding carboxylic acids is 1. The van der Waals surface area contributed by atoms with Crippen molar-refractivity contribution in [2.24, 2.45) is 0 Å². The van der Waals surface area contributed by atoms with Gasteiger partial charge in [-0.15, -0.1) is 0 Å². The minimum Gasteiger partial charge on any atom is -0.466 e. The minimum absolute atomic E-state index is 0.0676. The Hall–Kier alpha value is -2.31. The molecule has 0 unspecified atom stereocenters. The Labute approximate surface area is 115 Å². The molecule has 0 saturated heterocycles. The number of esters is 1. The van der Waals surface area contributed by atoms with Crippen LogP contribution in [0.2, 0.25) is 0 Å². The zero-order valence-electron chi connectivity index (χ0n) is 11.3. The highest BCUT2D eigenvalue weighted by Crippen LogP contribution is 2.42. The number of benzene rings is 1. The van der Waals surface area contributed by atoms with Gasteiger partial charge in [0.15, 0.2) is 11.5 Å². The van der Waals surface area contributed by atoms with Gasteiger partial charge in [0.1, 0.15) is 0 Å². The van der Waals surface area contributed by atoms with Gasteiger partial charge < -0.3 is 14.2 Å². The predicted molar refractivity (Wildman–Crippen MR) is 68.6 cm³/mol. The number of carbonyl (C=O) groups is 1. The molecule has 0 aromatic heterocycles. The summed E-state index contributed by atoms with van der Waals surface area (Å²) in [4.78, 5) is 21.5. The number of hydrogen-bond acceptors (Lipinski definition) is 6. The van der Waals surface area contributed by atoms with E-state index >= 15 is 0 Å². The summed E-state index contributed by atoms with van der Waals surface area (Å²) >= 11 is 0. The van der Waals surface area contributed by atoms with Gasteiger partial charge in [-0.1, -0.05) is 0 Å². The zero-order valence-corrected chi connectivity index (χ0v) is 11.3. The largest absolute Gasteiger partial charge is 0.466 e. The van der Waals surface area contributed by atoms with Crippen LogP contribution < -0.4 is 9.47 Å². The van der Waals surface area contributed by atoms with Crippen LogP contribution in [-0.2, 0) is 9.53 Å². The Morgan fingerprint density at radius 2 is 2.10 bits per heavy atom. The molecule has 0 amide bonds. The van der Waals surface area contributed by atoms with E-state index in [0.29, 0.717) is 24.5 Å². The van der Waals surface area contributed by atoms with Crippen LogP contribution in [0.25, 0.3) is 0 Å². The first-order chi connectivity index (χ1) is 9.43. The Kier molecular flexibility index (Phi) is 3.78. The van der Waals surface area contributed by atoms with Crippen molar-refractivity contribution >= 4 is 11.7 Å². The Balaban J connectivity index is 2.04. The highest BCUT2D eigenvalue weighted by Gasteiger charge is 2.38. The second-order valence-electron chi connectivity index (χ2n) is 4.53. The van der Waals surface area contributed by atoms with Gasteiger partial charge in [-0.05, 0) is 13.0 Å². The molecule has 0 fully saturated rings. The number of nitro groups is 1. The third kappa shape index (κ3) is 2.98. The minimum atomic E-state index is -1.01. The third-order valence-corrected chi connectivity index (χ3v) is 2.88. The second-order valence-corrected chi connectivity index (χ2v) is 4.53. The van der Waals surface area contributed by atoms with Crippen LogP contribution in [0.1, 0.15) is 26.7 Å². The van der Waals surface area contributed by atoms with E-state index < -0.39 is 10.7 Å². The lowest BCUT2D eigenvalue weighted by Gasteiger charge is -2.22. The molecular formula is C13H15NO6. The molecule has 0 aliphatic carbocycles. The molecule has 1 aliphatic rings. The van der Waals surface area contributed by atoms with Crippen LogP contribution in [0.15, 0.2) is 18.2 Å². The topological polar surface area (TPSA) is 87.9 Å². The monoisotopic (exact) mass is 281 g/mol. The van der Waals surface area contributed by atoms with Gasteiger partial charge in [-0.2, -0.15) is 0 Å². The predicted octanol–water partition coefficient (Wildman–Crippen LogP) is 2.43. The first-order valence-corrected chi connectivity index (χ1v) is 6.25. The van der Waals surface area contributed by atoms with Crippen molar-refractivity contribution in [3.8, 4) is 11.5 Å². The van der Waals surface area contributed by atoms with Crippen molar-refractivity contribution in [2.75, 3.05) is 6.61 Å². The van der Waals surface area contributed by atoms with E-state index in [4.69, 9.17) is 14.2 Å². The molecule has 7 heteroatoms. The van der Waals surface area contributed by atoms with Crippen LogP contribution >= 0.6 is 0 Å². The maximum absolute atomic E-state index is 11.3. The molecule has 1 atom stereocenters. The zero-order chi connectivity index (χ0) is 14.8. The summed E-state index contributed by atoms with van der Waals surface area (Å²) in [5.74, 6) is -0.597. The van der Waals surface area contributed by atoms with Crippen LogP contribution in [0.5, 0.6) is 11.5 Å². The highest BCUT2D eigenvalue weighted by atomic mass is 16.7. The molecule has 1 aromatic carbocycles. The quantitative estimate of drug-likeness (QED) is 0.468. The summed E-state index contributed by atoms with van der Waals surface area (Å²) in [5, 5.41) is 10.7. The summed E-state index contributed by atoms with van der Waals surface area (Å²) in [7, 11) is 0. The average Bonchev–Trinajstić information content (AvgIpc) is 2.72. The molecule has 0 radical (unpaired) electrons. The van der Waals surface area contributed by atoms with E-state index in [-0.39, 0.29) is 18.1 Å². The first-order valence-electron chi connectivity index (χ1n) is 6.25. The summed E-state index contributed by atoms with van der Waals surface area (Å²) < 4.78 is 16.0. The van der Waals surface area contributed by atoms with E-state index in [1.807, 2.05) is 0 Å². The van der Waals surface area contributed by atoms with Gasteiger partial charge in [-0.25, -0.2) is 0 Å². The maximum Gasteiger partial charge on any atom is 0.306 e. The molecule has 7 nitrogen and oxygen atoms in total. The van der Waals surface area contributed by atoms with Crippen molar-refractivity contribution in [1.82, 2.24) is 0 Å². The molecule has 0 spiro atoms. The van der Waals surface area contributed by atoms with Gasteiger partial charge in [-0.3, -0.25) is 14.9 Å². The SMILES string of the molecule is CCOC(=O)CC[C@]1(C)Oc2ccc([N+](=O)[O-])cc2O1. The summed E-state index contributed by atoms with van der Waals surface area (Å²) in [6, 6.07) is 4.15. The van der Waals surface area contributed by atoms with Gasteiger partial charge in [0, 0.05) is 19.4 Å². The van der Waals surface area contributed by atoms with Crippen molar-refractivity contribution in [1.29, 1.82) is 0 Å². The molecule has 1 aromatic rings. The molecule has 0 bridgehead atoms. The summed E-state index contributed by atoms with van der Waals surface area (Å²) in [6.45, 7) is 3.74. The standard InChI is InChI=1S/C13H15NO6/c1-3-18-12(15)6-7-13(2)19-10-5-4-9(14(16)17)8-11(10)20-13/h4-5,8H,3,6-7H2,1-2H3/t13-/m1/s1. The van der Waals surface area contributed by atoms with E-state index in [1.54, 1.807) is 13.8 Å². The van der Waals surface area contributed by atoms with Crippen molar-refractivity contribution in [3.63, 3.8) is 0 Å². The Morgan fingerprint density at radius 3 is 2.75 bits per heavy atom. The normalized spacial score (nSPS) is 19.7. The molecule has 20 heavy (non-hydrogen) atoms. The van der Waals surface area contributed by atoms with Gasteiger partial charge in [0.25, 0.3) is 5.69 Å². The summed E-state index contributed by atoms with van der Waals surface area (Å²) in [6.07, 6.45) is 0.453. The lowest BCUT2D eigenvalue weighted by molar-refractivity contribution is -0.384. The van der Waals surface area contributed by atoms with E-state index in [2.05, 4.69) is 0 Å². The number of nitro benzene ring substituents is 1. The lowest BCUT2D eigenvalue weighted by atomic mass is 10.2. The Bertz CT molecular complexity index is 544. The van der Waals surface area contributed by atoms with Gasteiger partial charge >= 0.3 is 5.97 Å². The van der Waals surface area contributed by atoms with Crippen LogP contribution in [-0.4, -0.2) is 23.3 Å². The fourth-order valence-corrected chi connectivity index (χ4v) is 1.92. The number of ether oxygens (including phenoxy) is 3. The molecule has 2 rings (SSSR count). The number of hydrogen-bond donors (Lipinski definition) is 0. The molecule has 108 valence electrons. The van der Waals surface area contributed by atoms with Crippen LogP contribution in [0, 0.1) is 10.1 Å². The molecule has 1 aliphatic heterocycles. The molecular weight excluding hydrogens is 266 g/mol. The molecule has 0 N–H and O–H groups in total. The fraction of sp³-hybridized carbons (Fsp3) is 0.462.